The smallest absolute Gasteiger partial charge is 0.345 e. The largest absolute Gasteiger partial charge is 0.493 e. The maximum atomic E-state index is 13.2. The molecule has 2 aliphatic heterocycles. The number of carbonyl (C=O) groups is 1. The number of nitrogens with zero attached hydrogens (tertiary/aromatic N) is 1. The SMILES string of the molecule is CCOC(=O)c1c2[n+](cc3c(OC)c(OC)ccc13)CCc1cc3c(cc1-2)OCO3. The van der Waals surface area contributed by atoms with E-state index in [9.17, 15) is 4.79 Å². The van der Waals surface area contributed by atoms with Crippen molar-refractivity contribution in [3.63, 3.8) is 0 Å². The molecular formula is C23H22NO6+. The van der Waals surface area contributed by atoms with Crippen LogP contribution < -0.4 is 23.5 Å². The number of hydrogen-bond acceptors (Lipinski definition) is 6. The number of aromatic nitrogens is 1. The van der Waals surface area contributed by atoms with Gasteiger partial charge in [-0.3, -0.25) is 0 Å². The Morgan fingerprint density at radius 2 is 1.90 bits per heavy atom. The molecule has 2 aromatic carbocycles. The molecule has 1 aromatic heterocycles. The number of aryl methyl sites for hydroxylation is 2. The second kappa shape index (κ2) is 7.09. The molecule has 7 nitrogen and oxygen atoms in total. The van der Waals surface area contributed by atoms with Crippen molar-refractivity contribution in [2.75, 3.05) is 27.6 Å². The van der Waals surface area contributed by atoms with Crippen LogP contribution in [-0.2, 0) is 17.7 Å². The van der Waals surface area contributed by atoms with Crippen molar-refractivity contribution in [3.05, 3.63) is 41.6 Å². The summed E-state index contributed by atoms with van der Waals surface area (Å²) in [5.74, 6) is 2.26. The summed E-state index contributed by atoms with van der Waals surface area (Å²) >= 11 is 0. The van der Waals surface area contributed by atoms with Crippen LogP contribution in [0.2, 0.25) is 0 Å². The normalized spacial score (nSPS) is 13.6. The van der Waals surface area contributed by atoms with Crippen molar-refractivity contribution < 1.29 is 33.0 Å². The first-order valence-electron chi connectivity index (χ1n) is 9.87. The predicted octanol–water partition coefficient (Wildman–Crippen LogP) is 3.27. The van der Waals surface area contributed by atoms with Gasteiger partial charge in [0.2, 0.25) is 12.5 Å². The van der Waals surface area contributed by atoms with Crippen LogP contribution in [0, 0.1) is 0 Å². The number of esters is 1. The predicted molar refractivity (Wildman–Crippen MR) is 108 cm³/mol. The van der Waals surface area contributed by atoms with Gasteiger partial charge in [0, 0.05) is 11.8 Å². The van der Waals surface area contributed by atoms with E-state index in [0.29, 0.717) is 29.4 Å². The maximum absolute atomic E-state index is 13.2. The summed E-state index contributed by atoms with van der Waals surface area (Å²) in [5.41, 5.74) is 3.39. The van der Waals surface area contributed by atoms with Crippen LogP contribution in [0.4, 0.5) is 0 Å². The molecule has 5 rings (SSSR count). The minimum absolute atomic E-state index is 0.206. The topological polar surface area (TPSA) is 67.1 Å². The molecule has 0 N–H and O–H groups in total. The van der Waals surface area contributed by atoms with Crippen molar-refractivity contribution in [3.8, 4) is 34.3 Å². The Morgan fingerprint density at radius 1 is 1.10 bits per heavy atom. The molecule has 3 heterocycles. The van der Waals surface area contributed by atoms with E-state index in [2.05, 4.69) is 4.57 Å². The van der Waals surface area contributed by atoms with Crippen molar-refractivity contribution in [2.45, 2.75) is 19.9 Å². The summed E-state index contributed by atoms with van der Waals surface area (Å²) in [6.45, 7) is 3.01. The zero-order valence-corrected chi connectivity index (χ0v) is 17.1. The lowest BCUT2D eigenvalue weighted by Gasteiger charge is -2.20. The fraction of sp³-hybridized carbons (Fsp3) is 0.304. The first kappa shape index (κ1) is 18.5. The van der Waals surface area contributed by atoms with Crippen LogP contribution in [0.5, 0.6) is 23.0 Å². The van der Waals surface area contributed by atoms with Gasteiger partial charge in [-0.2, -0.15) is 4.57 Å². The minimum atomic E-state index is -0.371. The van der Waals surface area contributed by atoms with E-state index < -0.39 is 0 Å². The lowest BCUT2D eigenvalue weighted by molar-refractivity contribution is -0.686. The Hall–Kier alpha value is -3.48. The summed E-state index contributed by atoms with van der Waals surface area (Å²) in [7, 11) is 3.20. The van der Waals surface area contributed by atoms with Crippen LogP contribution in [0.1, 0.15) is 22.8 Å². The standard InChI is InChI=1S/C23H22NO6/c1-4-28-23(25)20-14-5-6-17(26-2)22(27-3)16(14)11-24-8-7-13-9-18-19(30-12-29-18)10-15(13)21(20)24/h5-6,9-11H,4,7-8,12H2,1-3H3/q+1. The van der Waals surface area contributed by atoms with E-state index in [0.717, 1.165) is 39.8 Å². The molecular weight excluding hydrogens is 386 g/mol. The zero-order chi connectivity index (χ0) is 20.8. The Morgan fingerprint density at radius 3 is 2.63 bits per heavy atom. The first-order chi connectivity index (χ1) is 14.7. The zero-order valence-electron chi connectivity index (χ0n) is 17.1. The number of pyridine rings is 1. The van der Waals surface area contributed by atoms with Crippen molar-refractivity contribution in [2.24, 2.45) is 0 Å². The lowest BCUT2D eigenvalue weighted by atomic mass is 9.91. The fourth-order valence-electron chi connectivity index (χ4n) is 4.32. The van der Waals surface area contributed by atoms with E-state index in [4.69, 9.17) is 23.7 Å². The Balaban J connectivity index is 1.86. The maximum Gasteiger partial charge on any atom is 0.345 e. The molecule has 7 heteroatoms. The van der Waals surface area contributed by atoms with Gasteiger partial charge in [0.05, 0.1) is 31.8 Å². The number of ether oxygens (including phenoxy) is 5. The third-order valence-electron chi connectivity index (χ3n) is 5.62. The lowest BCUT2D eigenvalue weighted by Crippen LogP contribution is -2.42. The summed E-state index contributed by atoms with van der Waals surface area (Å²) in [6, 6.07) is 7.66. The summed E-state index contributed by atoms with van der Waals surface area (Å²) < 4.78 is 29.8. The molecule has 0 unspecified atom stereocenters. The molecule has 3 aromatic rings. The Bertz CT molecular complexity index is 1190. The number of benzene rings is 2. The quantitative estimate of drug-likeness (QED) is 0.488. The molecule has 0 radical (unpaired) electrons. The van der Waals surface area contributed by atoms with Crippen molar-refractivity contribution in [1.82, 2.24) is 0 Å². The van der Waals surface area contributed by atoms with Crippen molar-refractivity contribution >= 4 is 16.7 Å². The molecule has 154 valence electrons. The van der Waals surface area contributed by atoms with Gasteiger partial charge in [0.1, 0.15) is 5.56 Å². The van der Waals surface area contributed by atoms with E-state index in [1.165, 1.54) is 0 Å². The van der Waals surface area contributed by atoms with E-state index in [1.807, 2.05) is 30.5 Å². The number of rotatable bonds is 4. The summed E-state index contributed by atoms with van der Waals surface area (Å²) in [4.78, 5) is 13.2. The second-order valence-electron chi connectivity index (χ2n) is 7.14. The van der Waals surface area contributed by atoms with Gasteiger partial charge in [0.15, 0.2) is 35.7 Å². The average Bonchev–Trinajstić information content (AvgIpc) is 3.22. The molecule has 0 spiro atoms. The monoisotopic (exact) mass is 408 g/mol. The molecule has 0 saturated carbocycles. The minimum Gasteiger partial charge on any atom is -0.493 e. The number of methoxy groups -OCH3 is 2. The van der Waals surface area contributed by atoms with Gasteiger partial charge in [-0.25, -0.2) is 4.79 Å². The molecule has 2 aliphatic rings. The van der Waals surface area contributed by atoms with E-state index in [1.54, 1.807) is 21.1 Å². The third kappa shape index (κ3) is 2.65. The molecule has 0 saturated heterocycles. The van der Waals surface area contributed by atoms with Crippen LogP contribution in [0.25, 0.3) is 22.0 Å². The van der Waals surface area contributed by atoms with E-state index in [-0.39, 0.29) is 19.4 Å². The molecule has 0 aliphatic carbocycles. The average molecular weight is 408 g/mol. The summed E-state index contributed by atoms with van der Waals surface area (Å²) in [6.07, 6.45) is 2.83. The highest BCUT2D eigenvalue weighted by Gasteiger charge is 2.35. The van der Waals surface area contributed by atoms with Gasteiger partial charge >= 0.3 is 5.97 Å². The van der Waals surface area contributed by atoms with Gasteiger partial charge < -0.3 is 23.7 Å². The first-order valence-corrected chi connectivity index (χ1v) is 9.87. The summed E-state index contributed by atoms with van der Waals surface area (Å²) in [5, 5.41) is 1.55. The van der Waals surface area contributed by atoms with Gasteiger partial charge in [0.25, 0.3) is 0 Å². The van der Waals surface area contributed by atoms with Crippen LogP contribution in [0.3, 0.4) is 0 Å². The molecule has 0 fully saturated rings. The van der Waals surface area contributed by atoms with Crippen LogP contribution in [-0.4, -0.2) is 33.6 Å². The van der Waals surface area contributed by atoms with Crippen LogP contribution in [0.15, 0.2) is 30.5 Å². The third-order valence-corrected chi connectivity index (χ3v) is 5.62. The molecule has 0 amide bonds. The highest BCUT2D eigenvalue weighted by Crippen LogP contribution is 2.43. The van der Waals surface area contributed by atoms with Gasteiger partial charge in [-0.15, -0.1) is 0 Å². The molecule has 0 atom stereocenters. The van der Waals surface area contributed by atoms with Gasteiger partial charge in [-0.1, -0.05) is 0 Å². The van der Waals surface area contributed by atoms with E-state index >= 15 is 0 Å². The Labute approximate surface area is 173 Å². The highest BCUT2D eigenvalue weighted by molar-refractivity contribution is 6.10. The van der Waals surface area contributed by atoms with Crippen molar-refractivity contribution in [1.29, 1.82) is 0 Å². The number of carbonyl (C=O) groups excluding carboxylic acids is 1. The second-order valence-corrected chi connectivity index (χ2v) is 7.14. The fourth-order valence-corrected chi connectivity index (χ4v) is 4.32. The number of hydrogen-bond donors (Lipinski definition) is 0. The molecule has 0 bridgehead atoms. The van der Waals surface area contributed by atoms with Gasteiger partial charge in [-0.05, 0) is 36.8 Å². The highest BCUT2D eigenvalue weighted by atomic mass is 16.7. The molecule has 30 heavy (non-hydrogen) atoms. The number of fused-ring (bicyclic) bond motifs is 5. The van der Waals surface area contributed by atoms with Crippen LogP contribution >= 0.6 is 0 Å². The Kier molecular flexibility index (Phi) is 4.38.